The Morgan fingerprint density at radius 3 is 2.27 bits per heavy atom. The van der Waals surface area contributed by atoms with Crippen LogP contribution in [0, 0.1) is 18.3 Å². The van der Waals surface area contributed by atoms with Crippen molar-refractivity contribution in [3.05, 3.63) is 83.6 Å². The molecule has 4 rings (SSSR count). The molecule has 0 radical (unpaired) electrons. The zero-order valence-corrected chi connectivity index (χ0v) is 15.0. The van der Waals surface area contributed by atoms with Crippen LogP contribution in [0.15, 0.2) is 66.7 Å². The summed E-state index contributed by atoms with van der Waals surface area (Å²) in [6.07, 6.45) is 0.946. The summed E-state index contributed by atoms with van der Waals surface area (Å²) in [5.41, 5.74) is 7.98. The Hall–Kier alpha value is -3.31. The van der Waals surface area contributed by atoms with Crippen molar-refractivity contribution >= 4 is 10.8 Å². The molecular formula is C24H20N2. The van der Waals surface area contributed by atoms with Crippen LogP contribution in [0.5, 0.6) is 0 Å². The topological polar surface area (TPSA) is 39.6 Å². The second kappa shape index (κ2) is 6.54. The number of rotatable bonds is 3. The van der Waals surface area contributed by atoms with Crippen LogP contribution in [0.3, 0.4) is 0 Å². The van der Waals surface area contributed by atoms with Crippen molar-refractivity contribution in [1.82, 2.24) is 4.98 Å². The van der Waals surface area contributed by atoms with E-state index >= 15 is 0 Å². The van der Waals surface area contributed by atoms with E-state index in [1.54, 1.807) is 0 Å². The summed E-state index contributed by atoms with van der Waals surface area (Å²) in [6, 6.07) is 25.1. The summed E-state index contributed by atoms with van der Waals surface area (Å²) < 4.78 is 0. The summed E-state index contributed by atoms with van der Waals surface area (Å²) in [7, 11) is 0. The molecule has 0 saturated heterocycles. The second-order valence-electron chi connectivity index (χ2n) is 6.58. The predicted molar refractivity (Wildman–Crippen MR) is 108 cm³/mol. The van der Waals surface area contributed by atoms with Crippen molar-refractivity contribution < 1.29 is 0 Å². The highest BCUT2D eigenvalue weighted by Gasteiger charge is 2.16. The first kappa shape index (κ1) is 16.2. The van der Waals surface area contributed by atoms with Gasteiger partial charge in [0.1, 0.15) is 0 Å². The summed E-state index contributed by atoms with van der Waals surface area (Å²) >= 11 is 0. The third kappa shape index (κ3) is 2.68. The average molecular weight is 336 g/mol. The Kier molecular flexibility index (Phi) is 4.07. The number of hydrogen-bond acceptors (Lipinski definition) is 1. The summed E-state index contributed by atoms with van der Waals surface area (Å²) in [5, 5.41) is 11.5. The maximum atomic E-state index is 9.04. The number of benzene rings is 3. The normalized spacial score (nSPS) is 10.8. The highest BCUT2D eigenvalue weighted by molar-refractivity contribution is 5.89. The molecule has 3 aromatic carbocycles. The van der Waals surface area contributed by atoms with E-state index in [0.29, 0.717) is 5.56 Å². The lowest BCUT2D eigenvalue weighted by Gasteiger charge is -2.08. The van der Waals surface area contributed by atoms with Gasteiger partial charge in [0.05, 0.1) is 11.6 Å². The predicted octanol–water partition coefficient (Wildman–Crippen LogP) is 6.24. The first-order valence-electron chi connectivity index (χ1n) is 8.92. The van der Waals surface area contributed by atoms with Crippen molar-refractivity contribution in [3.8, 4) is 28.5 Å². The molecule has 0 amide bonds. The molecule has 0 spiro atoms. The molecule has 2 heteroatoms. The van der Waals surface area contributed by atoms with Crippen molar-refractivity contribution in [2.75, 3.05) is 0 Å². The van der Waals surface area contributed by atoms with Gasteiger partial charge in [0.2, 0.25) is 0 Å². The van der Waals surface area contributed by atoms with Crippen LogP contribution in [-0.4, -0.2) is 4.98 Å². The first-order valence-corrected chi connectivity index (χ1v) is 8.92. The van der Waals surface area contributed by atoms with Gasteiger partial charge in [0.25, 0.3) is 0 Å². The van der Waals surface area contributed by atoms with Crippen molar-refractivity contribution in [2.24, 2.45) is 0 Å². The lowest BCUT2D eigenvalue weighted by Crippen LogP contribution is -1.88. The number of nitrogens with one attached hydrogen (secondary N) is 1. The zero-order chi connectivity index (χ0) is 18.1. The van der Waals surface area contributed by atoms with Crippen molar-refractivity contribution in [2.45, 2.75) is 20.3 Å². The van der Waals surface area contributed by atoms with Gasteiger partial charge in [-0.25, -0.2) is 0 Å². The standard InChI is InChI=1S/C24H20N2/c1-3-22-23(19-10-8-17(15-25)9-11-19)16(2)26-24(22)21-13-12-18-6-4-5-7-20(18)14-21/h4-14,26H,3H2,1-2H3. The highest BCUT2D eigenvalue weighted by Crippen LogP contribution is 2.36. The Bertz CT molecular complexity index is 1130. The van der Waals surface area contributed by atoms with E-state index < -0.39 is 0 Å². The largest absolute Gasteiger partial charge is 0.358 e. The number of fused-ring (bicyclic) bond motifs is 1. The molecule has 0 aliphatic rings. The number of nitriles is 1. The van der Waals surface area contributed by atoms with E-state index in [1.165, 1.54) is 33.2 Å². The Morgan fingerprint density at radius 1 is 0.885 bits per heavy atom. The Balaban J connectivity index is 1.88. The molecule has 0 saturated carbocycles. The Morgan fingerprint density at radius 2 is 1.58 bits per heavy atom. The van der Waals surface area contributed by atoms with Crippen LogP contribution in [0.4, 0.5) is 0 Å². The van der Waals surface area contributed by atoms with Gasteiger partial charge in [-0.3, -0.25) is 0 Å². The molecular weight excluding hydrogens is 316 g/mol. The van der Waals surface area contributed by atoms with Gasteiger partial charge < -0.3 is 4.98 Å². The van der Waals surface area contributed by atoms with E-state index in [-0.39, 0.29) is 0 Å². The van der Waals surface area contributed by atoms with Crippen LogP contribution >= 0.6 is 0 Å². The number of H-pyrrole nitrogens is 1. The van der Waals surface area contributed by atoms with Gasteiger partial charge in [-0.2, -0.15) is 5.26 Å². The van der Waals surface area contributed by atoms with E-state index in [1.807, 2.05) is 24.3 Å². The number of nitrogens with zero attached hydrogens (tertiary/aromatic N) is 1. The summed E-state index contributed by atoms with van der Waals surface area (Å²) in [6.45, 7) is 4.32. The monoisotopic (exact) mass is 336 g/mol. The van der Waals surface area contributed by atoms with Crippen LogP contribution in [0.25, 0.3) is 33.2 Å². The lowest BCUT2D eigenvalue weighted by molar-refractivity contribution is 1.15. The van der Waals surface area contributed by atoms with Crippen LogP contribution in [0.1, 0.15) is 23.7 Å². The lowest BCUT2D eigenvalue weighted by atomic mass is 9.95. The minimum absolute atomic E-state index is 0.690. The smallest absolute Gasteiger partial charge is 0.0991 e. The first-order chi connectivity index (χ1) is 12.7. The highest BCUT2D eigenvalue weighted by atomic mass is 14.7. The molecule has 1 aromatic heterocycles. The zero-order valence-electron chi connectivity index (χ0n) is 15.0. The van der Waals surface area contributed by atoms with Crippen molar-refractivity contribution in [1.29, 1.82) is 5.26 Å². The maximum absolute atomic E-state index is 9.04. The molecule has 26 heavy (non-hydrogen) atoms. The quantitative estimate of drug-likeness (QED) is 0.472. The van der Waals surface area contributed by atoms with Crippen LogP contribution in [-0.2, 0) is 6.42 Å². The third-order valence-electron chi connectivity index (χ3n) is 4.99. The van der Waals surface area contributed by atoms with Gasteiger partial charge in [0.15, 0.2) is 0 Å². The number of hydrogen-bond donors (Lipinski definition) is 1. The molecule has 0 unspecified atom stereocenters. The minimum atomic E-state index is 0.690. The van der Waals surface area contributed by atoms with E-state index in [9.17, 15) is 0 Å². The van der Waals surface area contributed by atoms with Crippen LogP contribution in [0.2, 0.25) is 0 Å². The van der Waals surface area contributed by atoms with Gasteiger partial charge in [-0.05, 0) is 59.0 Å². The molecule has 2 nitrogen and oxygen atoms in total. The third-order valence-corrected chi connectivity index (χ3v) is 4.99. The minimum Gasteiger partial charge on any atom is -0.358 e. The maximum Gasteiger partial charge on any atom is 0.0991 e. The van der Waals surface area contributed by atoms with Gasteiger partial charge in [0, 0.05) is 17.0 Å². The van der Waals surface area contributed by atoms with Gasteiger partial charge in [-0.15, -0.1) is 0 Å². The SMILES string of the molecule is CCc1c(-c2ccc3ccccc3c2)[nH]c(C)c1-c1ccc(C#N)cc1. The molecule has 1 heterocycles. The molecule has 4 aromatic rings. The molecule has 1 N–H and O–H groups in total. The molecule has 0 aliphatic carbocycles. The molecule has 0 bridgehead atoms. The molecule has 0 fully saturated rings. The fourth-order valence-corrected chi connectivity index (χ4v) is 3.72. The number of aromatic amines is 1. The molecule has 126 valence electrons. The fraction of sp³-hybridized carbons (Fsp3) is 0.125. The fourth-order valence-electron chi connectivity index (χ4n) is 3.72. The van der Waals surface area contributed by atoms with Gasteiger partial charge >= 0.3 is 0 Å². The Labute approximate surface area is 153 Å². The number of aromatic nitrogens is 1. The summed E-state index contributed by atoms with van der Waals surface area (Å²) in [4.78, 5) is 3.61. The molecule has 0 atom stereocenters. The number of aryl methyl sites for hydroxylation is 1. The van der Waals surface area contributed by atoms with Crippen LogP contribution < -0.4 is 0 Å². The van der Waals surface area contributed by atoms with E-state index in [0.717, 1.165) is 17.7 Å². The second-order valence-corrected chi connectivity index (χ2v) is 6.58. The van der Waals surface area contributed by atoms with E-state index in [4.69, 9.17) is 5.26 Å². The summed E-state index contributed by atoms with van der Waals surface area (Å²) in [5.74, 6) is 0. The average Bonchev–Trinajstić information content (AvgIpc) is 3.04. The van der Waals surface area contributed by atoms with Crippen molar-refractivity contribution in [3.63, 3.8) is 0 Å². The van der Waals surface area contributed by atoms with Gasteiger partial charge in [-0.1, -0.05) is 55.5 Å². The molecule has 0 aliphatic heterocycles. The van der Waals surface area contributed by atoms with E-state index in [2.05, 4.69) is 67.4 Å².